The Morgan fingerprint density at radius 3 is 2.61 bits per heavy atom. The minimum Gasteiger partial charge on any atom is -0.322 e. The molecule has 0 aliphatic carbocycles. The normalized spacial score (nSPS) is 26.4. The molecule has 28 heavy (non-hydrogen) atoms. The molecule has 0 bridgehead atoms. The monoisotopic (exact) mass is 383 g/mol. The second-order valence-corrected chi connectivity index (χ2v) is 9.27. The van der Waals surface area contributed by atoms with Crippen LogP contribution in [0.1, 0.15) is 73.9 Å². The molecule has 1 aromatic carbocycles. The molecule has 3 amide bonds. The molecule has 0 spiro atoms. The van der Waals surface area contributed by atoms with Crippen LogP contribution in [-0.2, 0) is 16.1 Å². The van der Waals surface area contributed by atoms with Crippen molar-refractivity contribution >= 4 is 17.7 Å². The molecule has 2 saturated heterocycles. The number of rotatable bonds is 2. The molecule has 150 valence electrons. The number of benzene rings is 1. The first kappa shape index (κ1) is 19.1. The summed E-state index contributed by atoms with van der Waals surface area (Å²) in [7, 11) is 0. The van der Waals surface area contributed by atoms with Gasteiger partial charge in [0.2, 0.25) is 11.8 Å². The van der Waals surface area contributed by atoms with Crippen molar-refractivity contribution in [3.05, 3.63) is 34.9 Å². The third-order valence-electron chi connectivity index (χ3n) is 6.39. The van der Waals surface area contributed by atoms with Crippen molar-refractivity contribution in [2.45, 2.75) is 70.5 Å². The molecule has 3 heterocycles. The number of hydrogen-bond donors (Lipinski definition) is 1. The molecule has 0 aromatic heterocycles. The Bertz CT molecular complexity index is 827. The second kappa shape index (κ2) is 6.99. The van der Waals surface area contributed by atoms with Crippen LogP contribution in [0.2, 0.25) is 0 Å². The van der Waals surface area contributed by atoms with Crippen molar-refractivity contribution in [1.29, 1.82) is 0 Å². The summed E-state index contributed by atoms with van der Waals surface area (Å²) in [5.74, 6) is -0.273. The number of imide groups is 1. The van der Waals surface area contributed by atoms with Crippen LogP contribution in [0, 0.1) is 0 Å². The van der Waals surface area contributed by atoms with Gasteiger partial charge in [-0.2, -0.15) is 0 Å². The lowest BCUT2D eigenvalue weighted by molar-refractivity contribution is -0.136. The van der Waals surface area contributed by atoms with Gasteiger partial charge in [-0.15, -0.1) is 0 Å². The van der Waals surface area contributed by atoms with E-state index in [1.807, 2.05) is 12.1 Å². The van der Waals surface area contributed by atoms with Crippen molar-refractivity contribution in [2.75, 3.05) is 13.1 Å². The number of likely N-dealkylation sites (tertiary alicyclic amines) is 1. The fourth-order valence-electron chi connectivity index (χ4n) is 4.68. The zero-order valence-corrected chi connectivity index (χ0v) is 17.0. The minimum absolute atomic E-state index is 0.0881. The second-order valence-electron chi connectivity index (χ2n) is 9.27. The van der Waals surface area contributed by atoms with Gasteiger partial charge in [-0.05, 0) is 69.7 Å². The van der Waals surface area contributed by atoms with Gasteiger partial charge in [0, 0.05) is 30.6 Å². The van der Waals surface area contributed by atoms with Crippen molar-refractivity contribution in [2.24, 2.45) is 0 Å². The molecule has 2 fully saturated rings. The van der Waals surface area contributed by atoms with Crippen molar-refractivity contribution in [3.63, 3.8) is 0 Å². The highest BCUT2D eigenvalue weighted by atomic mass is 16.2. The first-order valence-electron chi connectivity index (χ1n) is 10.3. The van der Waals surface area contributed by atoms with Crippen molar-refractivity contribution in [1.82, 2.24) is 15.1 Å². The summed E-state index contributed by atoms with van der Waals surface area (Å²) in [6.07, 6.45) is 2.98. The van der Waals surface area contributed by atoms with Crippen LogP contribution in [0.5, 0.6) is 0 Å². The van der Waals surface area contributed by atoms with Gasteiger partial charge in [0.1, 0.15) is 6.04 Å². The maximum absolute atomic E-state index is 13.0. The number of carbonyl (C=O) groups excluding carboxylic acids is 3. The van der Waals surface area contributed by atoms with E-state index in [4.69, 9.17) is 0 Å². The van der Waals surface area contributed by atoms with Gasteiger partial charge in [0.15, 0.2) is 0 Å². The van der Waals surface area contributed by atoms with E-state index in [0.29, 0.717) is 18.9 Å². The average Bonchev–Trinajstić information content (AvgIpc) is 2.97. The van der Waals surface area contributed by atoms with Crippen LogP contribution >= 0.6 is 0 Å². The SMILES string of the molecule is CC(C)(C)N1CCCC(c2ccc3c(c2)C(=O)N(C2CCC(=O)NC2=O)C3)C1. The summed E-state index contributed by atoms with van der Waals surface area (Å²) in [4.78, 5) is 40.8. The number of amides is 3. The number of nitrogens with zero attached hydrogens (tertiary/aromatic N) is 2. The quantitative estimate of drug-likeness (QED) is 0.797. The smallest absolute Gasteiger partial charge is 0.255 e. The predicted octanol–water partition coefficient (Wildman–Crippen LogP) is 2.43. The van der Waals surface area contributed by atoms with Crippen LogP contribution in [-0.4, -0.2) is 52.2 Å². The molecule has 3 aliphatic rings. The van der Waals surface area contributed by atoms with Gasteiger partial charge in [-0.1, -0.05) is 12.1 Å². The van der Waals surface area contributed by atoms with Gasteiger partial charge < -0.3 is 4.90 Å². The van der Waals surface area contributed by atoms with Gasteiger partial charge >= 0.3 is 0 Å². The molecule has 1 aromatic rings. The fraction of sp³-hybridized carbons (Fsp3) is 0.591. The topological polar surface area (TPSA) is 69.7 Å². The third kappa shape index (κ3) is 3.46. The van der Waals surface area contributed by atoms with Crippen LogP contribution < -0.4 is 5.32 Å². The molecule has 4 rings (SSSR count). The van der Waals surface area contributed by atoms with E-state index >= 15 is 0 Å². The third-order valence-corrected chi connectivity index (χ3v) is 6.39. The maximum atomic E-state index is 13.0. The first-order chi connectivity index (χ1) is 13.2. The van der Waals surface area contributed by atoms with E-state index in [9.17, 15) is 14.4 Å². The molecule has 3 aliphatic heterocycles. The molecule has 1 N–H and O–H groups in total. The highest BCUT2D eigenvalue weighted by Gasteiger charge is 2.39. The summed E-state index contributed by atoms with van der Waals surface area (Å²) in [5.41, 5.74) is 3.05. The minimum atomic E-state index is -0.549. The summed E-state index contributed by atoms with van der Waals surface area (Å²) in [6.45, 7) is 9.32. The molecule has 2 atom stereocenters. The Morgan fingerprint density at radius 1 is 1.11 bits per heavy atom. The van der Waals surface area contributed by atoms with E-state index < -0.39 is 6.04 Å². The summed E-state index contributed by atoms with van der Waals surface area (Å²) in [5, 5.41) is 2.36. The Hall–Kier alpha value is -2.21. The molecular weight excluding hydrogens is 354 g/mol. The average molecular weight is 383 g/mol. The molecule has 6 nitrogen and oxygen atoms in total. The van der Waals surface area contributed by atoms with Crippen LogP contribution in [0.4, 0.5) is 0 Å². The van der Waals surface area contributed by atoms with E-state index in [-0.39, 0.29) is 29.7 Å². The summed E-state index contributed by atoms with van der Waals surface area (Å²) < 4.78 is 0. The van der Waals surface area contributed by atoms with Gasteiger partial charge in [0.25, 0.3) is 5.91 Å². The Morgan fingerprint density at radius 2 is 1.89 bits per heavy atom. The number of nitrogens with one attached hydrogen (secondary N) is 1. The zero-order valence-electron chi connectivity index (χ0n) is 17.0. The van der Waals surface area contributed by atoms with E-state index in [2.05, 4.69) is 37.1 Å². The number of fused-ring (bicyclic) bond motifs is 1. The lowest BCUT2D eigenvalue weighted by Gasteiger charge is -2.41. The van der Waals surface area contributed by atoms with E-state index in [1.54, 1.807) is 4.90 Å². The molecule has 0 saturated carbocycles. The van der Waals surface area contributed by atoms with Crippen LogP contribution in [0.25, 0.3) is 0 Å². The van der Waals surface area contributed by atoms with Crippen molar-refractivity contribution in [3.8, 4) is 0 Å². The van der Waals surface area contributed by atoms with Crippen molar-refractivity contribution < 1.29 is 14.4 Å². The summed E-state index contributed by atoms with van der Waals surface area (Å²) >= 11 is 0. The number of piperidine rings is 2. The lowest BCUT2D eigenvalue weighted by Crippen LogP contribution is -2.52. The highest BCUT2D eigenvalue weighted by Crippen LogP contribution is 2.34. The first-order valence-corrected chi connectivity index (χ1v) is 10.3. The molecule has 6 heteroatoms. The highest BCUT2D eigenvalue weighted by molar-refractivity contribution is 6.05. The summed E-state index contributed by atoms with van der Waals surface area (Å²) in [6, 6.07) is 5.69. The Kier molecular flexibility index (Phi) is 4.78. The molecular formula is C22H29N3O3. The standard InChI is InChI=1S/C22H29N3O3/c1-22(2,3)24-10-4-5-15(12-24)14-6-7-16-13-25(21(28)17(16)11-14)18-8-9-19(26)23-20(18)27/h6-7,11,15,18H,4-5,8-10,12-13H2,1-3H3,(H,23,26,27). The van der Waals surface area contributed by atoms with Gasteiger partial charge in [-0.25, -0.2) is 0 Å². The largest absolute Gasteiger partial charge is 0.322 e. The Balaban J connectivity index is 1.53. The molecule has 0 radical (unpaired) electrons. The number of carbonyl (C=O) groups is 3. The Labute approximate surface area is 166 Å². The van der Waals surface area contributed by atoms with E-state index in [1.165, 1.54) is 5.56 Å². The van der Waals surface area contributed by atoms with Gasteiger partial charge in [-0.3, -0.25) is 24.6 Å². The predicted molar refractivity (Wildman–Crippen MR) is 106 cm³/mol. The number of hydrogen-bond acceptors (Lipinski definition) is 4. The van der Waals surface area contributed by atoms with Crippen LogP contribution in [0.3, 0.4) is 0 Å². The fourth-order valence-corrected chi connectivity index (χ4v) is 4.68. The van der Waals surface area contributed by atoms with Gasteiger partial charge in [0.05, 0.1) is 0 Å². The molecule has 2 unspecified atom stereocenters. The lowest BCUT2D eigenvalue weighted by atomic mass is 9.87. The van der Waals surface area contributed by atoms with E-state index in [0.717, 1.165) is 37.1 Å². The van der Waals surface area contributed by atoms with Crippen LogP contribution in [0.15, 0.2) is 18.2 Å². The zero-order chi connectivity index (χ0) is 20.1. The maximum Gasteiger partial charge on any atom is 0.255 e.